The van der Waals surface area contributed by atoms with Gasteiger partial charge in [0.15, 0.2) is 0 Å². The maximum Gasteiger partial charge on any atom is 0.303 e. The van der Waals surface area contributed by atoms with Gasteiger partial charge in [-0.05, 0) is 25.0 Å². The Morgan fingerprint density at radius 3 is 2.50 bits per heavy atom. The highest BCUT2D eigenvalue weighted by Crippen LogP contribution is 2.27. The van der Waals surface area contributed by atoms with Gasteiger partial charge < -0.3 is 14.6 Å². The van der Waals surface area contributed by atoms with Crippen molar-refractivity contribution in [2.45, 2.75) is 30.6 Å². The molecule has 1 rings (SSSR count). The molecular formula is C14H21NO6S. The number of benzene rings is 1. The SMILES string of the molecule is COc1ccc(OC)c(S(=O)(=O)NCCCCCC(=O)O)c1. The Labute approximate surface area is 130 Å². The zero-order chi connectivity index (χ0) is 16.6. The fraction of sp³-hybridized carbons (Fsp3) is 0.500. The van der Waals surface area contributed by atoms with Gasteiger partial charge in [0.25, 0.3) is 0 Å². The predicted octanol–water partition coefficient (Wildman–Crippen LogP) is 1.63. The molecular weight excluding hydrogens is 310 g/mol. The molecule has 0 radical (unpaired) electrons. The van der Waals surface area contributed by atoms with Crippen molar-refractivity contribution >= 4 is 16.0 Å². The van der Waals surface area contributed by atoms with Crippen LogP contribution in [0.25, 0.3) is 0 Å². The molecule has 0 fully saturated rings. The Morgan fingerprint density at radius 1 is 1.18 bits per heavy atom. The molecule has 0 amide bonds. The Kier molecular flexibility index (Phi) is 7.13. The van der Waals surface area contributed by atoms with E-state index in [1.54, 1.807) is 6.07 Å². The third-order valence-corrected chi connectivity index (χ3v) is 4.50. The van der Waals surface area contributed by atoms with Gasteiger partial charge in [0, 0.05) is 19.0 Å². The lowest BCUT2D eigenvalue weighted by Crippen LogP contribution is -2.25. The average Bonchev–Trinajstić information content (AvgIpc) is 2.49. The molecule has 0 heterocycles. The summed E-state index contributed by atoms with van der Waals surface area (Å²) >= 11 is 0. The van der Waals surface area contributed by atoms with Crippen molar-refractivity contribution < 1.29 is 27.8 Å². The van der Waals surface area contributed by atoms with Gasteiger partial charge in [-0.3, -0.25) is 4.79 Å². The van der Waals surface area contributed by atoms with Crippen LogP contribution in [0.3, 0.4) is 0 Å². The van der Waals surface area contributed by atoms with Crippen molar-refractivity contribution in [2.75, 3.05) is 20.8 Å². The molecule has 0 bridgehead atoms. The molecule has 0 aromatic heterocycles. The molecule has 7 nitrogen and oxygen atoms in total. The average molecular weight is 331 g/mol. The van der Waals surface area contributed by atoms with E-state index in [1.807, 2.05) is 0 Å². The molecule has 1 aromatic rings. The van der Waals surface area contributed by atoms with Crippen LogP contribution >= 0.6 is 0 Å². The summed E-state index contributed by atoms with van der Waals surface area (Å²) in [6.45, 7) is 0.238. The highest BCUT2D eigenvalue weighted by atomic mass is 32.2. The van der Waals surface area contributed by atoms with Crippen LogP contribution in [-0.2, 0) is 14.8 Å². The zero-order valence-electron chi connectivity index (χ0n) is 12.7. The second kappa shape index (κ2) is 8.60. The van der Waals surface area contributed by atoms with Gasteiger partial charge in [0.05, 0.1) is 14.2 Å². The summed E-state index contributed by atoms with van der Waals surface area (Å²) in [5, 5.41) is 8.52. The molecule has 0 aliphatic carbocycles. The molecule has 0 saturated heterocycles. The molecule has 0 spiro atoms. The summed E-state index contributed by atoms with van der Waals surface area (Å²) in [6.07, 6.45) is 1.83. The van der Waals surface area contributed by atoms with E-state index in [4.69, 9.17) is 14.6 Å². The Morgan fingerprint density at radius 2 is 1.91 bits per heavy atom. The number of aliphatic carboxylic acids is 1. The Balaban J connectivity index is 2.64. The summed E-state index contributed by atoms with van der Waals surface area (Å²) < 4.78 is 37.1. The van der Waals surface area contributed by atoms with Crippen molar-refractivity contribution in [2.24, 2.45) is 0 Å². The minimum absolute atomic E-state index is 0.0138. The largest absolute Gasteiger partial charge is 0.497 e. The lowest BCUT2D eigenvalue weighted by molar-refractivity contribution is -0.137. The first-order valence-electron chi connectivity index (χ1n) is 6.84. The Bertz CT molecular complexity index is 599. The quantitative estimate of drug-likeness (QED) is 0.632. The van der Waals surface area contributed by atoms with E-state index in [9.17, 15) is 13.2 Å². The van der Waals surface area contributed by atoms with Gasteiger partial charge in [-0.2, -0.15) is 0 Å². The van der Waals surface area contributed by atoms with Gasteiger partial charge in [0.2, 0.25) is 10.0 Å². The summed E-state index contributed by atoms with van der Waals surface area (Å²) in [5.74, 6) is -0.191. The lowest BCUT2D eigenvalue weighted by Gasteiger charge is -2.12. The number of sulfonamides is 1. The molecule has 0 saturated carbocycles. The first-order chi connectivity index (χ1) is 10.4. The Hall–Kier alpha value is -1.80. The van der Waals surface area contributed by atoms with Gasteiger partial charge in [-0.25, -0.2) is 13.1 Å². The fourth-order valence-electron chi connectivity index (χ4n) is 1.86. The van der Waals surface area contributed by atoms with Crippen LogP contribution in [0.5, 0.6) is 11.5 Å². The molecule has 0 aliphatic rings. The maximum atomic E-state index is 12.3. The molecule has 2 N–H and O–H groups in total. The second-order valence-corrected chi connectivity index (χ2v) is 6.35. The minimum Gasteiger partial charge on any atom is -0.497 e. The first kappa shape index (κ1) is 18.2. The number of unbranched alkanes of at least 4 members (excludes halogenated alkanes) is 2. The van der Waals surface area contributed by atoms with E-state index in [1.165, 1.54) is 26.4 Å². The topological polar surface area (TPSA) is 102 Å². The lowest BCUT2D eigenvalue weighted by atomic mass is 10.2. The second-order valence-electron chi connectivity index (χ2n) is 4.62. The van der Waals surface area contributed by atoms with Crippen molar-refractivity contribution in [3.05, 3.63) is 18.2 Å². The number of carboxylic acid groups (broad SMARTS) is 1. The standard InChI is InChI=1S/C14H21NO6S/c1-20-11-7-8-12(21-2)13(10-11)22(18,19)15-9-5-3-4-6-14(16)17/h7-8,10,15H,3-6,9H2,1-2H3,(H,16,17). The normalized spacial score (nSPS) is 11.2. The monoisotopic (exact) mass is 331 g/mol. The number of methoxy groups -OCH3 is 2. The van der Waals surface area contributed by atoms with Crippen LogP contribution in [0.4, 0.5) is 0 Å². The molecule has 22 heavy (non-hydrogen) atoms. The van der Waals surface area contributed by atoms with Crippen LogP contribution < -0.4 is 14.2 Å². The number of hydrogen-bond acceptors (Lipinski definition) is 5. The summed E-state index contributed by atoms with van der Waals surface area (Å²) in [4.78, 5) is 10.4. The van der Waals surface area contributed by atoms with Crippen LogP contribution in [-0.4, -0.2) is 40.3 Å². The van der Waals surface area contributed by atoms with Crippen molar-refractivity contribution in [3.8, 4) is 11.5 Å². The highest BCUT2D eigenvalue weighted by Gasteiger charge is 2.19. The molecule has 8 heteroatoms. The van der Waals surface area contributed by atoms with Gasteiger partial charge in [0.1, 0.15) is 16.4 Å². The number of ether oxygens (including phenoxy) is 2. The molecule has 0 unspecified atom stereocenters. The third-order valence-electron chi connectivity index (χ3n) is 3.02. The maximum absolute atomic E-state index is 12.3. The van der Waals surface area contributed by atoms with E-state index < -0.39 is 16.0 Å². The van der Waals surface area contributed by atoms with E-state index >= 15 is 0 Å². The number of rotatable bonds is 10. The van der Waals surface area contributed by atoms with Gasteiger partial charge in [-0.1, -0.05) is 6.42 Å². The van der Waals surface area contributed by atoms with E-state index in [0.717, 1.165) is 0 Å². The van der Waals surface area contributed by atoms with Crippen molar-refractivity contribution in [1.82, 2.24) is 4.72 Å². The van der Waals surface area contributed by atoms with Crippen LogP contribution in [0.2, 0.25) is 0 Å². The minimum atomic E-state index is -3.71. The number of nitrogens with one attached hydrogen (secondary N) is 1. The predicted molar refractivity (Wildman–Crippen MR) is 80.8 cm³/mol. The van der Waals surface area contributed by atoms with Crippen LogP contribution in [0.1, 0.15) is 25.7 Å². The van der Waals surface area contributed by atoms with E-state index in [0.29, 0.717) is 25.0 Å². The number of carboxylic acids is 1. The number of carbonyl (C=O) groups is 1. The highest BCUT2D eigenvalue weighted by molar-refractivity contribution is 7.89. The van der Waals surface area contributed by atoms with E-state index in [-0.39, 0.29) is 23.6 Å². The first-order valence-corrected chi connectivity index (χ1v) is 8.32. The summed E-state index contributed by atoms with van der Waals surface area (Å²) in [7, 11) is -0.862. The van der Waals surface area contributed by atoms with Gasteiger partial charge >= 0.3 is 5.97 Å². The summed E-state index contributed by atoms with van der Waals surface area (Å²) in [6, 6.07) is 4.54. The zero-order valence-corrected chi connectivity index (χ0v) is 13.5. The molecule has 124 valence electrons. The van der Waals surface area contributed by atoms with E-state index in [2.05, 4.69) is 4.72 Å². The fourth-order valence-corrected chi connectivity index (χ4v) is 3.11. The summed E-state index contributed by atoms with van der Waals surface area (Å²) in [5.41, 5.74) is 0. The smallest absolute Gasteiger partial charge is 0.303 e. The molecule has 1 aromatic carbocycles. The van der Waals surface area contributed by atoms with Crippen LogP contribution in [0, 0.1) is 0 Å². The third kappa shape index (κ3) is 5.53. The van der Waals surface area contributed by atoms with Crippen molar-refractivity contribution in [1.29, 1.82) is 0 Å². The molecule has 0 atom stereocenters. The van der Waals surface area contributed by atoms with Crippen molar-refractivity contribution in [3.63, 3.8) is 0 Å². The van der Waals surface area contributed by atoms with Crippen LogP contribution in [0.15, 0.2) is 23.1 Å². The molecule has 0 aliphatic heterocycles. The van der Waals surface area contributed by atoms with Gasteiger partial charge in [-0.15, -0.1) is 0 Å². The number of hydrogen-bond donors (Lipinski definition) is 2.